The molecule has 1 aromatic carbocycles. The van der Waals surface area contributed by atoms with Crippen LogP contribution in [-0.4, -0.2) is 11.4 Å². The molecule has 3 nitrogen and oxygen atoms in total. The second-order valence-electron chi connectivity index (χ2n) is 2.65. The van der Waals surface area contributed by atoms with Crippen molar-refractivity contribution in [1.82, 2.24) is 0 Å². The molecular weight excluding hydrogens is 214 g/mol. The fourth-order valence-electron chi connectivity index (χ4n) is 0.984. The van der Waals surface area contributed by atoms with Crippen LogP contribution in [0.5, 0.6) is 5.75 Å². The number of hydrogen-bond donors (Lipinski definition) is 1. The first-order chi connectivity index (χ1) is 7.19. The Hall–Kier alpha value is -1.97. The van der Waals surface area contributed by atoms with Gasteiger partial charge in [-0.2, -0.15) is 5.26 Å². The number of aldehydes is 1. The maximum atomic E-state index is 10.5. The third-order valence-corrected chi connectivity index (χ3v) is 1.84. The van der Waals surface area contributed by atoms with Crippen molar-refractivity contribution in [3.8, 4) is 23.7 Å². The molecule has 0 bridgehead atoms. The molecule has 0 saturated carbocycles. The van der Waals surface area contributed by atoms with E-state index in [-0.39, 0.29) is 23.3 Å². The summed E-state index contributed by atoms with van der Waals surface area (Å²) < 4.78 is 0. The molecule has 0 aliphatic heterocycles. The van der Waals surface area contributed by atoms with Crippen molar-refractivity contribution in [2.24, 2.45) is 0 Å². The van der Waals surface area contributed by atoms with Crippen LogP contribution in [0.1, 0.15) is 22.3 Å². The lowest BCUT2D eigenvalue weighted by Gasteiger charge is -2.00. The van der Waals surface area contributed by atoms with E-state index < -0.39 is 0 Å². The summed E-state index contributed by atoms with van der Waals surface area (Å²) in [6.07, 6.45) is 0.555. The van der Waals surface area contributed by atoms with Gasteiger partial charge in [0.2, 0.25) is 0 Å². The molecule has 1 N–H and O–H groups in total. The van der Waals surface area contributed by atoms with Crippen molar-refractivity contribution in [1.29, 1.82) is 5.26 Å². The molecule has 1 aromatic rings. The number of benzene rings is 1. The third-order valence-electron chi connectivity index (χ3n) is 1.62. The topological polar surface area (TPSA) is 61.1 Å². The third kappa shape index (κ3) is 2.74. The Balaban J connectivity index is 3.20. The van der Waals surface area contributed by atoms with Gasteiger partial charge in [0.25, 0.3) is 0 Å². The van der Waals surface area contributed by atoms with Gasteiger partial charge in [0.05, 0.1) is 23.6 Å². The van der Waals surface area contributed by atoms with Crippen LogP contribution in [-0.2, 0) is 0 Å². The van der Waals surface area contributed by atoms with E-state index in [4.69, 9.17) is 16.9 Å². The predicted octanol–water partition coefficient (Wildman–Crippen LogP) is 2.12. The number of hydrogen-bond acceptors (Lipinski definition) is 3. The van der Waals surface area contributed by atoms with Crippen molar-refractivity contribution in [2.45, 2.75) is 6.42 Å². The Morgan fingerprint density at radius 3 is 2.87 bits per heavy atom. The van der Waals surface area contributed by atoms with Gasteiger partial charge >= 0.3 is 0 Å². The molecule has 4 heteroatoms. The molecule has 0 heterocycles. The number of phenols is 1. The molecule has 15 heavy (non-hydrogen) atoms. The molecule has 0 spiro atoms. The zero-order valence-corrected chi connectivity index (χ0v) is 8.38. The number of aromatic hydroxyl groups is 1. The van der Waals surface area contributed by atoms with Crippen molar-refractivity contribution in [2.75, 3.05) is 0 Å². The molecule has 0 fully saturated rings. The molecule has 74 valence electrons. The summed E-state index contributed by atoms with van der Waals surface area (Å²) in [5.41, 5.74) is 0.337. The van der Waals surface area contributed by atoms with E-state index in [0.29, 0.717) is 11.3 Å². The number of phenolic OH excluding ortho intramolecular Hbond substituents is 1. The fourth-order valence-corrected chi connectivity index (χ4v) is 1.21. The highest BCUT2D eigenvalue weighted by Gasteiger charge is 2.06. The first-order valence-corrected chi connectivity index (χ1v) is 4.40. The molecule has 0 atom stereocenters. The van der Waals surface area contributed by atoms with Gasteiger partial charge in [-0.25, -0.2) is 0 Å². The standard InChI is InChI=1S/C11H6ClNO2/c12-10-5-8(3-1-2-4-13)11(15)9(6-10)7-14/h5-7,15H,2H2. The number of halogens is 1. The van der Waals surface area contributed by atoms with Crippen molar-refractivity contribution in [3.63, 3.8) is 0 Å². The van der Waals surface area contributed by atoms with Gasteiger partial charge in [0.15, 0.2) is 6.29 Å². The molecule has 0 saturated heterocycles. The summed E-state index contributed by atoms with van der Waals surface area (Å²) in [6, 6.07) is 4.63. The molecule has 0 amide bonds. The largest absolute Gasteiger partial charge is 0.506 e. The summed E-state index contributed by atoms with van der Waals surface area (Å²) in [4.78, 5) is 10.5. The van der Waals surface area contributed by atoms with Gasteiger partial charge in [-0.1, -0.05) is 23.4 Å². The van der Waals surface area contributed by atoms with Gasteiger partial charge in [0, 0.05) is 5.02 Å². The summed E-state index contributed by atoms with van der Waals surface area (Å²) in [6.45, 7) is 0. The Kier molecular flexibility index (Phi) is 3.74. The van der Waals surface area contributed by atoms with Crippen LogP contribution < -0.4 is 0 Å². The Morgan fingerprint density at radius 1 is 1.53 bits per heavy atom. The van der Waals surface area contributed by atoms with Crippen LogP contribution in [0.2, 0.25) is 5.02 Å². The summed E-state index contributed by atoms with van der Waals surface area (Å²) in [7, 11) is 0. The number of carbonyl (C=O) groups is 1. The quantitative estimate of drug-likeness (QED) is 0.581. The van der Waals surface area contributed by atoms with E-state index in [2.05, 4.69) is 11.8 Å². The lowest BCUT2D eigenvalue weighted by Crippen LogP contribution is -1.86. The monoisotopic (exact) mass is 219 g/mol. The second-order valence-corrected chi connectivity index (χ2v) is 3.08. The fraction of sp³-hybridized carbons (Fsp3) is 0.0909. The lowest BCUT2D eigenvalue weighted by atomic mass is 10.1. The highest BCUT2D eigenvalue weighted by atomic mass is 35.5. The van der Waals surface area contributed by atoms with Crippen LogP contribution in [0, 0.1) is 23.2 Å². The van der Waals surface area contributed by atoms with Gasteiger partial charge in [-0.05, 0) is 12.1 Å². The average molecular weight is 220 g/mol. The number of rotatable bonds is 1. The van der Waals surface area contributed by atoms with E-state index >= 15 is 0 Å². The van der Waals surface area contributed by atoms with Crippen molar-refractivity contribution in [3.05, 3.63) is 28.3 Å². The maximum Gasteiger partial charge on any atom is 0.153 e. The molecule has 0 radical (unpaired) electrons. The highest BCUT2D eigenvalue weighted by molar-refractivity contribution is 6.31. The van der Waals surface area contributed by atoms with Gasteiger partial charge in [-0.3, -0.25) is 4.79 Å². The van der Waals surface area contributed by atoms with E-state index in [1.807, 2.05) is 6.07 Å². The Bertz CT molecular complexity index is 492. The van der Waals surface area contributed by atoms with E-state index in [1.165, 1.54) is 12.1 Å². The smallest absolute Gasteiger partial charge is 0.153 e. The number of carbonyl (C=O) groups excluding carboxylic acids is 1. The van der Waals surface area contributed by atoms with Crippen LogP contribution >= 0.6 is 11.6 Å². The van der Waals surface area contributed by atoms with Crippen LogP contribution in [0.15, 0.2) is 12.1 Å². The van der Waals surface area contributed by atoms with E-state index in [1.54, 1.807) is 0 Å². The SMILES string of the molecule is N#CCC#Cc1cc(Cl)cc(C=O)c1O. The molecular formula is C11H6ClNO2. The second kappa shape index (κ2) is 5.05. The highest BCUT2D eigenvalue weighted by Crippen LogP contribution is 2.25. The van der Waals surface area contributed by atoms with Crippen molar-refractivity contribution >= 4 is 17.9 Å². The maximum absolute atomic E-state index is 10.5. The van der Waals surface area contributed by atoms with Gasteiger partial charge in [0.1, 0.15) is 5.75 Å². The lowest BCUT2D eigenvalue weighted by molar-refractivity contribution is 0.112. The number of nitrogens with zero attached hydrogens (tertiary/aromatic N) is 1. The Labute approximate surface area is 91.9 Å². The molecule has 1 rings (SSSR count). The van der Waals surface area contributed by atoms with Crippen LogP contribution in [0.3, 0.4) is 0 Å². The summed E-state index contributed by atoms with van der Waals surface area (Å²) >= 11 is 5.71. The minimum atomic E-state index is -0.208. The summed E-state index contributed by atoms with van der Waals surface area (Å²) in [5.74, 6) is 4.88. The van der Waals surface area contributed by atoms with Crippen molar-refractivity contribution < 1.29 is 9.90 Å². The molecule has 0 aliphatic rings. The minimum absolute atomic E-state index is 0.0579. The zero-order valence-electron chi connectivity index (χ0n) is 7.62. The first-order valence-electron chi connectivity index (χ1n) is 4.02. The molecule has 0 aliphatic carbocycles. The summed E-state index contributed by atoms with van der Waals surface area (Å²) in [5, 5.41) is 18.1. The zero-order chi connectivity index (χ0) is 11.3. The minimum Gasteiger partial charge on any atom is -0.506 e. The predicted molar refractivity (Wildman–Crippen MR) is 55.6 cm³/mol. The Morgan fingerprint density at radius 2 is 2.27 bits per heavy atom. The normalized spacial score (nSPS) is 8.53. The average Bonchev–Trinajstić information content (AvgIpc) is 2.23. The van der Waals surface area contributed by atoms with E-state index in [0.717, 1.165) is 0 Å². The first kappa shape index (κ1) is 11.1. The molecule has 0 aromatic heterocycles. The van der Waals surface area contributed by atoms with E-state index in [9.17, 15) is 9.90 Å². The molecule has 0 unspecified atom stereocenters. The van der Waals surface area contributed by atoms with Crippen LogP contribution in [0.25, 0.3) is 0 Å². The van der Waals surface area contributed by atoms with Gasteiger partial charge in [-0.15, -0.1) is 0 Å². The van der Waals surface area contributed by atoms with Gasteiger partial charge < -0.3 is 5.11 Å². The van der Waals surface area contributed by atoms with Crippen LogP contribution in [0.4, 0.5) is 0 Å². The number of nitriles is 1.